The van der Waals surface area contributed by atoms with Gasteiger partial charge in [0.15, 0.2) is 6.30 Å². The van der Waals surface area contributed by atoms with E-state index in [1.54, 1.807) is 29.2 Å². The molecule has 29 heavy (non-hydrogen) atoms. The molecule has 0 saturated carbocycles. The highest BCUT2D eigenvalue weighted by molar-refractivity contribution is 5.78. The molecule has 2 fully saturated rings. The second-order valence-corrected chi connectivity index (χ2v) is 6.88. The largest absolute Gasteiger partial charge is 0.375 e. The molecule has 3 heterocycles. The van der Waals surface area contributed by atoms with Crippen LogP contribution in [0, 0.1) is 10.1 Å². The van der Waals surface area contributed by atoms with E-state index in [-0.39, 0.29) is 18.1 Å². The van der Waals surface area contributed by atoms with Gasteiger partial charge in [0.25, 0.3) is 0 Å². The standard InChI is InChI=1S/C19H23FN6O3/c20-17-13-29-12-11-25(17)15-4-2-1-3-14(15)22-19-16(26(27)28)5-6-18(23-19)24-9-7-21-8-10-24/h1-6,17,21H,7-13H2,(H,22,23). The first kappa shape index (κ1) is 19.3. The fourth-order valence-electron chi connectivity index (χ4n) is 3.55. The molecule has 0 radical (unpaired) electrons. The van der Waals surface area contributed by atoms with Crippen LogP contribution >= 0.6 is 0 Å². The monoisotopic (exact) mass is 402 g/mol. The van der Waals surface area contributed by atoms with Crippen molar-refractivity contribution in [2.75, 3.05) is 61.1 Å². The smallest absolute Gasteiger partial charge is 0.311 e. The predicted molar refractivity (Wildman–Crippen MR) is 109 cm³/mol. The number of nitrogens with one attached hydrogen (secondary N) is 2. The topological polar surface area (TPSA) is 95.8 Å². The molecule has 2 saturated heterocycles. The van der Waals surface area contributed by atoms with Crippen molar-refractivity contribution < 1.29 is 14.1 Å². The average Bonchev–Trinajstić information content (AvgIpc) is 2.75. The van der Waals surface area contributed by atoms with Gasteiger partial charge in [0.05, 0.1) is 29.5 Å². The molecule has 1 aromatic heterocycles. The van der Waals surface area contributed by atoms with E-state index in [1.807, 2.05) is 6.07 Å². The normalized spacial score (nSPS) is 19.8. The molecule has 0 amide bonds. The van der Waals surface area contributed by atoms with Gasteiger partial charge in [0, 0.05) is 38.8 Å². The highest BCUT2D eigenvalue weighted by Crippen LogP contribution is 2.34. The first-order valence-corrected chi connectivity index (χ1v) is 9.59. The number of benzene rings is 1. The van der Waals surface area contributed by atoms with Gasteiger partial charge in [-0.3, -0.25) is 10.1 Å². The zero-order valence-corrected chi connectivity index (χ0v) is 15.9. The van der Waals surface area contributed by atoms with Gasteiger partial charge >= 0.3 is 5.69 Å². The number of para-hydroxylation sites is 2. The van der Waals surface area contributed by atoms with Crippen molar-refractivity contribution in [3.05, 3.63) is 46.5 Å². The number of piperazine rings is 1. The minimum Gasteiger partial charge on any atom is -0.375 e. The molecule has 2 aromatic rings. The third-order valence-corrected chi connectivity index (χ3v) is 5.03. The molecule has 0 spiro atoms. The summed E-state index contributed by atoms with van der Waals surface area (Å²) < 4.78 is 19.6. The number of ether oxygens (including phenoxy) is 1. The molecule has 2 aliphatic rings. The van der Waals surface area contributed by atoms with Gasteiger partial charge in [0.1, 0.15) is 5.82 Å². The second-order valence-electron chi connectivity index (χ2n) is 6.88. The highest BCUT2D eigenvalue weighted by Gasteiger charge is 2.26. The number of halogens is 1. The summed E-state index contributed by atoms with van der Waals surface area (Å²) in [6.07, 6.45) is -1.28. The summed E-state index contributed by atoms with van der Waals surface area (Å²) in [7, 11) is 0. The fraction of sp³-hybridized carbons (Fsp3) is 0.421. The van der Waals surface area contributed by atoms with Gasteiger partial charge in [-0.25, -0.2) is 9.37 Å². The summed E-state index contributed by atoms with van der Waals surface area (Å²) in [6, 6.07) is 10.3. The van der Waals surface area contributed by atoms with Crippen molar-refractivity contribution in [3.63, 3.8) is 0 Å². The first-order valence-electron chi connectivity index (χ1n) is 9.59. The summed E-state index contributed by atoms with van der Waals surface area (Å²) >= 11 is 0. The lowest BCUT2D eigenvalue weighted by molar-refractivity contribution is -0.384. The maximum Gasteiger partial charge on any atom is 0.311 e. The van der Waals surface area contributed by atoms with E-state index in [0.717, 1.165) is 26.2 Å². The third kappa shape index (κ3) is 4.22. The Morgan fingerprint density at radius 3 is 2.76 bits per heavy atom. The van der Waals surface area contributed by atoms with Crippen LogP contribution in [-0.4, -0.2) is 62.1 Å². The molecule has 1 aromatic carbocycles. The first-order chi connectivity index (χ1) is 14.1. The van der Waals surface area contributed by atoms with Crippen molar-refractivity contribution >= 4 is 28.7 Å². The van der Waals surface area contributed by atoms with E-state index >= 15 is 0 Å². The third-order valence-electron chi connectivity index (χ3n) is 5.03. The number of rotatable bonds is 5. The average molecular weight is 402 g/mol. The number of nitro groups is 1. The number of aromatic nitrogens is 1. The summed E-state index contributed by atoms with van der Waals surface area (Å²) in [5, 5.41) is 17.9. The van der Waals surface area contributed by atoms with Gasteiger partial charge in [-0.1, -0.05) is 12.1 Å². The molecule has 0 bridgehead atoms. The van der Waals surface area contributed by atoms with Crippen LogP contribution in [0.2, 0.25) is 0 Å². The number of hydrogen-bond donors (Lipinski definition) is 2. The van der Waals surface area contributed by atoms with Gasteiger partial charge < -0.3 is 25.2 Å². The van der Waals surface area contributed by atoms with Crippen LogP contribution in [0.3, 0.4) is 0 Å². The van der Waals surface area contributed by atoms with Crippen molar-refractivity contribution in [3.8, 4) is 0 Å². The Labute approximate surface area is 167 Å². The lowest BCUT2D eigenvalue weighted by Gasteiger charge is -2.33. The van der Waals surface area contributed by atoms with Gasteiger partial charge in [-0.2, -0.15) is 0 Å². The molecular formula is C19H23FN6O3. The van der Waals surface area contributed by atoms with E-state index in [1.165, 1.54) is 6.07 Å². The van der Waals surface area contributed by atoms with E-state index in [0.29, 0.717) is 30.3 Å². The van der Waals surface area contributed by atoms with Crippen LogP contribution in [-0.2, 0) is 4.74 Å². The minimum atomic E-state index is -1.28. The number of anilines is 4. The molecule has 2 aliphatic heterocycles. The Balaban J connectivity index is 1.67. The molecule has 9 nitrogen and oxygen atoms in total. The molecular weight excluding hydrogens is 379 g/mol. The van der Waals surface area contributed by atoms with E-state index in [2.05, 4.69) is 20.5 Å². The maximum absolute atomic E-state index is 14.4. The van der Waals surface area contributed by atoms with Crippen LogP contribution in [0.1, 0.15) is 0 Å². The van der Waals surface area contributed by atoms with Crippen LogP contribution < -0.4 is 20.4 Å². The van der Waals surface area contributed by atoms with Crippen molar-refractivity contribution in [2.45, 2.75) is 6.30 Å². The van der Waals surface area contributed by atoms with Crippen LogP contribution in [0.5, 0.6) is 0 Å². The van der Waals surface area contributed by atoms with Gasteiger partial charge in [-0.15, -0.1) is 0 Å². The summed E-state index contributed by atoms with van der Waals surface area (Å²) in [4.78, 5) is 19.3. The molecule has 1 unspecified atom stereocenters. The Kier molecular flexibility index (Phi) is 5.72. The highest BCUT2D eigenvalue weighted by atomic mass is 19.1. The van der Waals surface area contributed by atoms with E-state index in [4.69, 9.17) is 4.74 Å². The van der Waals surface area contributed by atoms with Crippen LogP contribution in [0.25, 0.3) is 0 Å². The minimum absolute atomic E-state index is 0.00872. The lowest BCUT2D eigenvalue weighted by Crippen LogP contribution is -2.44. The zero-order valence-electron chi connectivity index (χ0n) is 15.9. The van der Waals surface area contributed by atoms with Crippen LogP contribution in [0.15, 0.2) is 36.4 Å². The Morgan fingerprint density at radius 1 is 1.21 bits per heavy atom. The van der Waals surface area contributed by atoms with Crippen molar-refractivity contribution in [1.29, 1.82) is 0 Å². The molecule has 10 heteroatoms. The molecule has 1 atom stereocenters. The molecule has 4 rings (SSSR count). The summed E-state index contributed by atoms with van der Waals surface area (Å²) in [5.74, 6) is 0.814. The maximum atomic E-state index is 14.4. The predicted octanol–water partition coefficient (Wildman–Crippen LogP) is 2.28. The number of alkyl halides is 1. The number of hydrogen-bond acceptors (Lipinski definition) is 8. The van der Waals surface area contributed by atoms with Crippen molar-refractivity contribution in [2.24, 2.45) is 0 Å². The number of nitrogens with zero attached hydrogens (tertiary/aromatic N) is 4. The van der Waals surface area contributed by atoms with Gasteiger partial charge in [0.2, 0.25) is 5.82 Å². The van der Waals surface area contributed by atoms with Gasteiger partial charge in [-0.05, 0) is 18.2 Å². The SMILES string of the molecule is O=[N+]([O-])c1ccc(N2CCNCC2)nc1Nc1ccccc1N1CCOCC1F. The van der Waals surface area contributed by atoms with E-state index in [9.17, 15) is 14.5 Å². The molecule has 0 aliphatic carbocycles. The molecule has 154 valence electrons. The summed E-state index contributed by atoms with van der Waals surface area (Å²) in [5.41, 5.74) is 1.05. The quantitative estimate of drug-likeness (QED) is 0.447. The van der Waals surface area contributed by atoms with Crippen LogP contribution in [0.4, 0.5) is 33.1 Å². The zero-order chi connectivity index (χ0) is 20.2. The Morgan fingerprint density at radius 2 is 2.00 bits per heavy atom. The fourth-order valence-corrected chi connectivity index (χ4v) is 3.55. The van der Waals surface area contributed by atoms with Crippen molar-refractivity contribution in [1.82, 2.24) is 10.3 Å². The number of morpholine rings is 1. The molecule has 2 N–H and O–H groups in total. The van der Waals surface area contributed by atoms with E-state index < -0.39 is 11.2 Å². The number of pyridine rings is 1. The Hall–Kier alpha value is -2.98. The Bertz CT molecular complexity index is 877. The lowest BCUT2D eigenvalue weighted by atomic mass is 10.2. The summed E-state index contributed by atoms with van der Waals surface area (Å²) in [6.45, 7) is 4.03. The second kappa shape index (κ2) is 8.58.